The van der Waals surface area contributed by atoms with Crippen LogP contribution in [0.2, 0.25) is 0 Å². The molecule has 0 amide bonds. The van der Waals surface area contributed by atoms with Gasteiger partial charge in [-0.05, 0) is 44.3 Å². The third-order valence-corrected chi connectivity index (χ3v) is 9.73. The Bertz CT molecular complexity index is 880. The molecule has 4 rings (SSSR count). The molecule has 2 aromatic rings. The van der Waals surface area contributed by atoms with Crippen molar-refractivity contribution in [2.75, 3.05) is 66.5 Å². The molecule has 2 saturated heterocycles. The molecule has 1 aromatic heterocycles. The second-order valence-electron chi connectivity index (χ2n) is 8.71. The van der Waals surface area contributed by atoms with Crippen molar-refractivity contribution in [3.63, 3.8) is 0 Å². The minimum absolute atomic E-state index is 0.480. The first-order valence-corrected chi connectivity index (χ1v) is 13.2. The maximum Gasteiger partial charge on any atom is 0.124 e. The smallest absolute Gasteiger partial charge is 0.124 e. The van der Waals surface area contributed by atoms with Gasteiger partial charge in [-0.3, -0.25) is 9.80 Å². The van der Waals surface area contributed by atoms with Gasteiger partial charge in [0.25, 0.3) is 0 Å². The Morgan fingerprint density at radius 1 is 0.833 bits per heavy atom. The second kappa shape index (κ2) is 9.73. The van der Waals surface area contributed by atoms with Crippen LogP contribution in [0.3, 0.4) is 0 Å². The molecule has 2 aliphatic heterocycles. The minimum atomic E-state index is 0.480. The summed E-state index contributed by atoms with van der Waals surface area (Å²) in [6.45, 7) is 12.2. The third-order valence-electron chi connectivity index (χ3n) is 6.36. The van der Waals surface area contributed by atoms with Crippen molar-refractivity contribution in [3.8, 4) is 16.2 Å². The monoisotopic (exact) mass is 464 g/mol. The lowest BCUT2D eigenvalue weighted by molar-refractivity contribution is 0.144. The number of aromatic hydroxyl groups is 1. The molecule has 5 nitrogen and oxygen atoms in total. The summed E-state index contributed by atoms with van der Waals surface area (Å²) in [4.78, 5) is 10.9. The fraction of sp³-hybridized carbons (Fsp3) is 0.591. The predicted octanol–water partition coefficient (Wildman–Crippen LogP) is 3.71. The van der Waals surface area contributed by atoms with Crippen molar-refractivity contribution in [3.05, 3.63) is 32.6 Å². The van der Waals surface area contributed by atoms with Gasteiger partial charge in [-0.1, -0.05) is 32.9 Å². The Morgan fingerprint density at radius 3 is 1.70 bits per heavy atom. The SMILES string of the molecule is Cc1c(-c2cc(CN3CCN(C)CC3)c(O)c(CN3CCN(C)CC3)c2)ssc1=S. The Hall–Kier alpha value is -0.870. The van der Waals surface area contributed by atoms with Gasteiger partial charge < -0.3 is 14.9 Å². The molecular formula is C22H32N4OS3. The summed E-state index contributed by atoms with van der Waals surface area (Å²) in [5.74, 6) is 0.480. The standard InChI is InChI=1S/C22H32N4OS3/c1-16-21(29-30-22(16)28)17-12-18(14-25-8-4-23(2)5-9-25)20(27)19(13-17)15-26-10-6-24(3)7-11-26/h12-13,27H,4-11,14-15H2,1-3H3. The summed E-state index contributed by atoms with van der Waals surface area (Å²) >= 11 is 5.50. The average Bonchev–Trinajstić information content (AvgIpc) is 3.07. The summed E-state index contributed by atoms with van der Waals surface area (Å²) in [5.41, 5.74) is 4.49. The van der Waals surface area contributed by atoms with Crippen molar-refractivity contribution in [2.24, 2.45) is 0 Å². The first-order valence-electron chi connectivity index (χ1n) is 10.7. The Balaban J connectivity index is 1.64. The van der Waals surface area contributed by atoms with Crippen molar-refractivity contribution in [1.82, 2.24) is 19.6 Å². The van der Waals surface area contributed by atoms with Crippen LogP contribution >= 0.6 is 32.9 Å². The number of benzene rings is 1. The fourth-order valence-electron chi connectivity index (χ4n) is 4.19. The van der Waals surface area contributed by atoms with Gasteiger partial charge in [0.2, 0.25) is 0 Å². The molecule has 0 aliphatic carbocycles. The number of rotatable bonds is 5. The molecule has 3 heterocycles. The first kappa shape index (κ1) is 22.3. The lowest BCUT2D eigenvalue weighted by atomic mass is 10.00. The van der Waals surface area contributed by atoms with Gasteiger partial charge in [-0.25, -0.2) is 0 Å². The van der Waals surface area contributed by atoms with Crippen LogP contribution in [0.15, 0.2) is 12.1 Å². The molecule has 1 aromatic carbocycles. The van der Waals surface area contributed by atoms with Gasteiger partial charge in [0.15, 0.2) is 0 Å². The largest absolute Gasteiger partial charge is 0.507 e. The lowest BCUT2D eigenvalue weighted by Gasteiger charge is -2.34. The maximum atomic E-state index is 11.2. The zero-order chi connectivity index (χ0) is 21.3. The number of phenolic OH excluding ortho intramolecular Hbond substituents is 1. The van der Waals surface area contributed by atoms with E-state index < -0.39 is 0 Å². The molecule has 164 valence electrons. The van der Waals surface area contributed by atoms with E-state index in [2.05, 4.69) is 52.8 Å². The molecule has 0 bridgehead atoms. The van der Waals surface area contributed by atoms with Gasteiger partial charge in [0, 0.05) is 76.6 Å². The topological polar surface area (TPSA) is 33.2 Å². The van der Waals surface area contributed by atoms with Gasteiger partial charge in [0.1, 0.15) is 9.57 Å². The zero-order valence-electron chi connectivity index (χ0n) is 18.2. The highest BCUT2D eigenvalue weighted by Crippen LogP contribution is 2.38. The van der Waals surface area contributed by atoms with E-state index >= 15 is 0 Å². The van der Waals surface area contributed by atoms with Crippen LogP contribution < -0.4 is 0 Å². The minimum Gasteiger partial charge on any atom is -0.507 e. The van der Waals surface area contributed by atoms with Crippen LogP contribution in [0, 0.1) is 10.7 Å². The molecule has 30 heavy (non-hydrogen) atoms. The highest BCUT2D eigenvalue weighted by atomic mass is 32.9. The molecular weight excluding hydrogens is 432 g/mol. The van der Waals surface area contributed by atoms with Crippen LogP contribution in [0.1, 0.15) is 16.7 Å². The first-order chi connectivity index (χ1) is 14.4. The number of hydrogen-bond donors (Lipinski definition) is 1. The molecule has 2 aliphatic rings. The van der Waals surface area contributed by atoms with Crippen molar-refractivity contribution in [1.29, 1.82) is 0 Å². The predicted molar refractivity (Wildman–Crippen MR) is 130 cm³/mol. The molecule has 0 atom stereocenters. The quantitative estimate of drug-likeness (QED) is 0.537. The van der Waals surface area contributed by atoms with Crippen LogP contribution in [0.25, 0.3) is 10.4 Å². The van der Waals surface area contributed by atoms with E-state index in [1.807, 2.05) is 0 Å². The number of phenols is 1. The fourth-order valence-corrected chi connectivity index (χ4v) is 7.07. The van der Waals surface area contributed by atoms with E-state index in [9.17, 15) is 5.11 Å². The Labute approximate surface area is 192 Å². The number of likely N-dealkylation sites (N-methyl/N-ethyl adjacent to an activating group) is 2. The van der Waals surface area contributed by atoms with E-state index in [0.29, 0.717) is 5.75 Å². The number of hydrogen-bond acceptors (Lipinski definition) is 8. The number of nitrogens with zero attached hydrogens (tertiary/aromatic N) is 4. The number of piperazine rings is 2. The summed E-state index contributed by atoms with van der Waals surface area (Å²) in [5, 5.41) is 11.2. The molecule has 0 radical (unpaired) electrons. The van der Waals surface area contributed by atoms with Crippen LogP contribution in [-0.2, 0) is 13.1 Å². The van der Waals surface area contributed by atoms with Crippen LogP contribution in [-0.4, -0.2) is 91.2 Å². The average molecular weight is 465 g/mol. The molecule has 0 saturated carbocycles. The van der Waals surface area contributed by atoms with E-state index in [1.165, 1.54) is 16.0 Å². The molecule has 0 unspecified atom stereocenters. The third kappa shape index (κ3) is 5.12. The van der Waals surface area contributed by atoms with Gasteiger partial charge in [-0.2, -0.15) is 0 Å². The molecule has 2 fully saturated rings. The van der Waals surface area contributed by atoms with Crippen molar-refractivity contribution >= 4 is 32.9 Å². The summed E-state index contributed by atoms with van der Waals surface area (Å²) in [7, 11) is 7.79. The van der Waals surface area contributed by atoms with Gasteiger partial charge >= 0.3 is 0 Å². The lowest BCUT2D eigenvalue weighted by Crippen LogP contribution is -2.44. The molecule has 1 N–H and O–H groups in total. The summed E-state index contributed by atoms with van der Waals surface area (Å²) < 4.78 is 0.976. The normalized spacial score (nSPS) is 20.1. The van der Waals surface area contributed by atoms with Crippen LogP contribution in [0.4, 0.5) is 0 Å². The van der Waals surface area contributed by atoms with Crippen LogP contribution in [0.5, 0.6) is 5.75 Å². The van der Waals surface area contributed by atoms with E-state index in [1.54, 1.807) is 20.7 Å². The van der Waals surface area contributed by atoms with E-state index in [4.69, 9.17) is 12.2 Å². The molecule has 8 heteroatoms. The zero-order valence-corrected chi connectivity index (χ0v) is 20.6. The van der Waals surface area contributed by atoms with Gasteiger partial charge in [-0.15, -0.1) is 0 Å². The highest BCUT2D eigenvalue weighted by molar-refractivity contribution is 7.80. The van der Waals surface area contributed by atoms with Gasteiger partial charge in [0.05, 0.1) is 4.88 Å². The van der Waals surface area contributed by atoms with E-state index in [-0.39, 0.29) is 0 Å². The Kier molecular flexibility index (Phi) is 7.24. The summed E-state index contributed by atoms with van der Waals surface area (Å²) in [6.07, 6.45) is 0. The Morgan fingerprint density at radius 2 is 1.30 bits per heavy atom. The van der Waals surface area contributed by atoms with E-state index in [0.717, 1.165) is 80.4 Å². The van der Waals surface area contributed by atoms with Crippen molar-refractivity contribution in [2.45, 2.75) is 20.0 Å². The second-order valence-corrected chi connectivity index (χ2v) is 11.5. The maximum absolute atomic E-state index is 11.2. The molecule has 0 spiro atoms. The highest BCUT2D eigenvalue weighted by Gasteiger charge is 2.21. The van der Waals surface area contributed by atoms with Crippen molar-refractivity contribution < 1.29 is 5.11 Å². The summed E-state index contributed by atoms with van der Waals surface area (Å²) in [6, 6.07) is 4.39.